The molecule has 0 unspecified atom stereocenters. The minimum absolute atomic E-state index is 0.211. The lowest BCUT2D eigenvalue weighted by atomic mass is 9.98. The Bertz CT molecular complexity index is 883. The molecule has 1 heterocycles. The van der Waals surface area contributed by atoms with Crippen LogP contribution in [-0.2, 0) is 0 Å². The largest absolute Gasteiger partial charge is 0.399 e. The molecular formula is C17H12F2N2O. The Kier molecular flexibility index (Phi) is 3.47. The molecule has 0 aliphatic heterocycles. The van der Waals surface area contributed by atoms with Gasteiger partial charge in [0.2, 0.25) is 5.56 Å². The lowest BCUT2D eigenvalue weighted by Crippen LogP contribution is -2.01. The Morgan fingerprint density at radius 2 is 1.64 bits per heavy atom. The molecule has 0 atom stereocenters. The molecule has 22 heavy (non-hydrogen) atoms. The number of aromatic nitrogens is 1. The van der Waals surface area contributed by atoms with E-state index in [1.165, 1.54) is 18.2 Å². The molecule has 0 aliphatic rings. The lowest BCUT2D eigenvalue weighted by molar-refractivity contribution is 0.585. The maximum atomic E-state index is 13.9. The number of anilines is 1. The normalized spacial score (nSPS) is 10.6. The number of benzene rings is 2. The van der Waals surface area contributed by atoms with Gasteiger partial charge in [-0.15, -0.1) is 0 Å². The molecular weight excluding hydrogens is 286 g/mol. The Labute approximate surface area is 125 Å². The van der Waals surface area contributed by atoms with Gasteiger partial charge in [-0.3, -0.25) is 4.79 Å². The smallest absolute Gasteiger partial charge is 0.247 e. The topological polar surface area (TPSA) is 58.9 Å². The van der Waals surface area contributed by atoms with Gasteiger partial charge in [-0.1, -0.05) is 0 Å². The molecule has 0 saturated carbocycles. The molecule has 110 valence electrons. The molecule has 0 bridgehead atoms. The number of rotatable bonds is 2. The summed E-state index contributed by atoms with van der Waals surface area (Å²) in [6.45, 7) is 0. The van der Waals surface area contributed by atoms with Gasteiger partial charge in [0.15, 0.2) is 0 Å². The first-order valence-corrected chi connectivity index (χ1v) is 6.58. The van der Waals surface area contributed by atoms with Crippen LogP contribution in [0.4, 0.5) is 14.5 Å². The number of H-pyrrole nitrogens is 1. The highest BCUT2D eigenvalue weighted by Gasteiger charge is 2.09. The second-order valence-electron chi connectivity index (χ2n) is 4.91. The molecule has 0 radical (unpaired) electrons. The van der Waals surface area contributed by atoms with Crippen LogP contribution in [-0.4, -0.2) is 4.98 Å². The minimum atomic E-state index is -0.655. The van der Waals surface area contributed by atoms with Gasteiger partial charge in [0.05, 0.1) is 0 Å². The van der Waals surface area contributed by atoms with Crippen molar-refractivity contribution in [3.05, 3.63) is 76.7 Å². The van der Waals surface area contributed by atoms with Crippen molar-refractivity contribution in [1.29, 1.82) is 0 Å². The van der Waals surface area contributed by atoms with Crippen LogP contribution in [0.1, 0.15) is 0 Å². The van der Waals surface area contributed by atoms with Crippen LogP contribution in [0.3, 0.4) is 0 Å². The van der Waals surface area contributed by atoms with Gasteiger partial charge in [0.25, 0.3) is 0 Å². The summed E-state index contributed by atoms with van der Waals surface area (Å²) in [4.78, 5) is 13.7. The van der Waals surface area contributed by atoms with Crippen molar-refractivity contribution in [1.82, 2.24) is 4.98 Å². The molecule has 0 saturated heterocycles. The van der Waals surface area contributed by atoms with Gasteiger partial charge < -0.3 is 10.7 Å². The van der Waals surface area contributed by atoms with E-state index in [1.807, 2.05) is 0 Å². The fraction of sp³-hybridized carbons (Fsp3) is 0. The van der Waals surface area contributed by atoms with Gasteiger partial charge in [-0.25, -0.2) is 8.78 Å². The minimum Gasteiger partial charge on any atom is -0.399 e. The monoisotopic (exact) mass is 298 g/mol. The summed E-state index contributed by atoms with van der Waals surface area (Å²) in [5, 5.41) is 0. The number of halogens is 2. The van der Waals surface area contributed by atoms with Gasteiger partial charge in [0.1, 0.15) is 11.6 Å². The maximum Gasteiger partial charge on any atom is 0.247 e. The second kappa shape index (κ2) is 5.44. The summed E-state index contributed by atoms with van der Waals surface area (Å²) in [5.74, 6) is -1.29. The van der Waals surface area contributed by atoms with E-state index >= 15 is 0 Å². The van der Waals surface area contributed by atoms with E-state index in [0.29, 0.717) is 11.3 Å². The van der Waals surface area contributed by atoms with E-state index in [1.54, 1.807) is 30.5 Å². The zero-order valence-electron chi connectivity index (χ0n) is 11.4. The Morgan fingerprint density at radius 3 is 2.32 bits per heavy atom. The fourth-order valence-corrected chi connectivity index (χ4v) is 2.29. The van der Waals surface area contributed by atoms with E-state index in [2.05, 4.69) is 4.98 Å². The zero-order chi connectivity index (χ0) is 15.7. The number of nitrogens with one attached hydrogen (secondary N) is 1. The van der Waals surface area contributed by atoms with E-state index in [4.69, 9.17) is 5.73 Å². The lowest BCUT2D eigenvalue weighted by Gasteiger charge is -2.09. The van der Waals surface area contributed by atoms with Gasteiger partial charge in [0, 0.05) is 29.6 Å². The van der Waals surface area contributed by atoms with Crippen molar-refractivity contribution in [3.8, 4) is 22.3 Å². The molecule has 0 amide bonds. The fourth-order valence-electron chi connectivity index (χ4n) is 2.29. The molecule has 3 rings (SSSR count). The van der Waals surface area contributed by atoms with Crippen LogP contribution in [0.25, 0.3) is 22.3 Å². The van der Waals surface area contributed by atoms with E-state index in [0.717, 1.165) is 17.2 Å². The van der Waals surface area contributed by atoms with Crippen molar-refractivity contribution in [2.45, 2.75) is 0 Å². The van der Waals surface area contributed by atoms with Crippen LogP contribution < -0.4 is 11.3 Å². The first kappa shape index (κ1) is 14.0. The summed E-state index contributed by atoms with van der Waals surface area (Å²) in [6, 6.07) is 11.5. The first-order valence-electron chi connectivity index (χ1n) is 6.58. The highest BCUT2D eigenvalue weighted by atomic mass is 19.1. The average molecular weight is 298 g/mol. The standard InChI is InChI=1S/C17H12F2N2O/c18-13-2-3-15(16(19)8-13)12-5-11(6-14(20)7-12)10-1-4-17(22)21-9-10/h1-9H,20H2,(H,21,22). The van der Waals surface area contributed by atoms with Crippen molar-refractivity contribution >= 4 is 5.69 Å². The average Bonchev–Trinajstić information content (AvgIpc) is 2.47. The summed E-state index contributed by atoms with van der Waals surface area (Å²) < 4.78 is 27.0. The van der Waals surface area contributed by atoms with Crippen molar-refractivity contribution in [2.75, 3.05) is 5.73 Å². The SMILES string of the molecule is Nc1cc(-c2ccc(=O)[nH]c2)cc(-c2ccc(F)cc2F)c1. The predicted molar refractivity (Wildman–Crippen MR) is 82.3 cm³/mol. The molecule has 1 aromatic heterocycles. The summed E-state index contributed by atoms with van der Waals surface area (Å²) >= 11 is 0. The Hall–Kier alpha value is -2.95. The number of hydrogen-bond donors (Lipinski definition) is 2. The summed E-state index contributed by atoms with van der Waals surface area (Å²) in [6.07, 6.45) is 1.56. The number of nitrogen functional groups attached to an aromatic ring is 1. The second-order valence-corrected chi connectivity index (χ2v) is 4.91. The van der Waals surface area contributed by atoms with E-state index in [-0.39, 0.29) is 11.1 Å². The molecule has 3 aromatic rings. The number of aromatic amines is 1. The van der Waals surface area contributed by atoms with E-state index < -0.39 is 11.6 Å². The molecule has 2 aromatic carbocycles. The highest BCUT2D eigenvalue weighted by molar-refractivity contribution is 5.77. The highest BCUT2D eigenvalue weighted by Crippen LogP contribution is 2.30. The zero-order valence-corrected chi connectivity index (χ0v) is 11.4. The predicted octanol–water partition coefficient (Wildman–Crippen LogP) is 3.57. The third-order valence-electron chi connectivity index (χ3n) is 3.32. The van der Waals surface area contributed by atoms with Crippen LogP contribution >= 0.6 is 0 Å². The van der Waals surface area contributed by atoms with Crippen molar-refractivity contribution in [2.24, 2.45) is 0 Å². The third-order valence-corrected chi connectivity index (χ3v) is 3.32. The maximum absolute atomic E-state index is 13.9. The van der Waals surface area contributed by atoms with E-state index in [9.17, 15) is 13.6 Å². The van der Waals surface area contributed by atoms with Gasteiger partial charge in [-0.05, 0) is 53.1 Å². The molecule has 0 aliphatic carbocycles. The molecule has 3 nitrogen and oxygen atoms in total. The van der Waals surface area contributed by atoms with Crippen LogP contribution in [0.2, 0.25) is 0 Å². The Morgan fingerprint density at radius 1 is 0.864 bits per heavy atom. The quantitative estimate of drug-likeness (QED) is 0.711. The van der Waals surface area contributed by atoms with Crippen LogP contribution in [0, 0.1) is 11.6 Å². The van der Waals surface area contributed by atoms with Gasteiger partial charge >= 0.3 is 0 Å². The van der Waals surface area contributed by atoms with Crippen molar-refractivity contribution in [3.63, 3.8) is 0 Å². The molecule has 0 spiro atoms. The third kappa shape index (κ3) is 2.74. The first-order chi connectivity index (χ1) is 10.5. The van der Waals surface area contributed by atoms with Crippen LogP contribution in [0.15, 0.2) is 59.5 Å². The van der Waals surface area contributed by atoms with Gasteiger partial charge in [-0.2, -0.15) is 0 Å². The molecule has 0 fully saturated rings. The summed E-state index contributed by atoms with van der Waals surface area (Å²) in [7, 11) is 0. The Balaban J connectivity index is 2.14. The molecule has 3 N–H and O–H groups in total. The number of hydrogen-bond acceptors (Lipinski definition) is 2. The number of nitrogens with two attached hydrogens (primary N) is 1. The molecule has 5 heteroatoms. The number of pyridine rings is 1. The summed E-state index contributed by atoms with van der Waals surface area (Å²) in [5.41, 5.74) is 8.39. The van der Waals surface area contributed by atoms with Crippen molar-refractivity contribution < 1.29 is 8.78 Å². The van der Waals surface area contributed by atoms with Crippen LogP contribution in [0.5, 0.6) is 0 Å².